The lowest BCUT2D eigenvalue weighted by Crippen LogP contribution is -2.39. The number of hydrogen-bond donors (Lipinski definition) is 3. The van der Waals surface area contributed by atoms with Crippen molar-refractivity contribution < 1.29 is 22.8 Å². The third kappa shape index (κ3) is 5.15. The van der Waals surface area contributed by atoms with Crippen LogP contribution in [0.2, 0.25) is 0 Å². The molecular formula is C24H21F3N4O2S2. The molecule has 182 valence electrons. The number of nitrogens with two attached hydrogens (primary N) is 1. The van der Waals surface area contributed by atoms with Gasteiger partial charge >= 0.3 is 6.18 Å². The zero-order chi connectivity index (χ0) is 25.3. The van der Waals surface area contributed by atoms with E-state index in [2.05, 4.69) is 10.6 Å². The quantitative estimate of drug-likeness (QED) is 0.414. The number of halogens is 3. The van der Waals surface area contributed by atoms with Crippen LogP contribution in [-0.4, -0.2) is 28.4 Å². The van der Waals surface area contributed by atoms with Crippen molar-refractivity contribution in [3.63, 3.8) is 0 Å². The molecule has 1 aliphatic rings. The Bertz CT molecular complexity index is 1320. The van der Waals surface area contributed by atoms with Crippen molar-refractivity contribution in [1.29, 1.82) is 0 Å². The molecule has 0 saturated carbocycles. The summed E-state index contributed by atoms with van der Waals surface area (Å²) in [5.74, 6) is -1.02. The van der Waals surface area contributed by atoms with Gasteiger partial charge in [-0.2, -0.15) is 13.2 Å². The van der Waals surface area contributed by atoms with Gasteiger partial charge in [0.2, 0.25) is 0 Å². The largest absolute Gasteiger partial charge is 0.418 e. The summed E-state index contributed by atoms with van der Waals surface area (Å²) in [6.45, 7) is 2.45. The molecule has 4 N–H and O–H groups in total. The minimum absolute atomic E-state index is 0.131. The standard InChI is InChI=1S/C24H21F3N4O2S2/c1-13-6-2-3-7-14(13)21(33)30-22-19(20(28)32)15-10-11-31(12-18(15)35-22)23(34)29-17-9-5-4-8-16(17)24(25,26)27/h2-9H,10-12H2,1H3,(H2,28,32)(H,29,34)(H,30,33). The molecule has 6 nitrogen and oxygen atoms in total. The fourth-order valence-electron chi connectivity index (χ4n) is 3.96. The second-order valence-electron chi connectivity index (χ2n) is 7.99. The van der Waals surface area contributed by atoms with Crippen molar-refractivity contribution in [2.45, 2.75) is 26.1 Å². The SMILES string of the molecule is Cc1ccccc1C(=O)Nc1sc2c(c1C(N)=O)CCN(C(=S)Nc1ccccc1C(F)(F)F)C2. The first-order valence-electron chi connectivity index (χ1n) is 10.6. The van der Waals surface area contributed by atoms with E-state index in [-0.39, 0.29) is 28.8 Å². The van der Waals surface area contributed by atoms with E-state index in [1.54, 1.807) is 17.0 Å². The summed E-state index contributed by atoms with van der Waals surface area (Å²) in [4.78, 5) is 27.6. The van der Waals surface area contributed by atoms with Gasteiger partial charge in [-0.3, -0.25) is 9.59 Å². The molecule has 3 aromatic rings. The van der Waals surface area contributed by atoms with Gasteiger partial charge < -0.3 is 21.3 Å². The molecule has 0 bridgehead atoms. The number of primary amides is 1. The molecule has 1 aliphatic heterocycles. The number of thiocarbonyl (C=S) groups is 1. The van der Waals surface area contributed by atoms with Crippen LogP contribution < -0.4 is 16.4 Å². The monoisotopic (exact) mass is 518 g/mol. The molecule has 2 aromatic carbocycles. The molecule has 0 aliphatic carbocycles. The number of aryl methyl sites for hydroxylation is 1. The molecule has 1 aromatic heterocycles. The number of alkyl halides is 3. The summed E-state index contributed by atoms with van der Waals surface area (Å²) in [6, 6.07) is 12.2. The molecular weight excluding hydrogens is 497 g/mol. The average Bonchev–Trinajstić information content (AvgIpc) is 3.16. The number of carbonyl (C=O) groups excluding carboxylic acids is 2. The van der Waals surface area contributed by atoms with Crippen LogP contribution in [0, 0.1) is 6.92 Å². The Hall–Kier alpha value is -3.44. The van der Waals surface area contributed by atoms with E-state index in [4.69, 9.17) is 18.0 Å². The zero-order valence-corrected chi connectivity index (χ0v) is 20.2. The van der Waals surface area contributed by atoms with Crippen LogP contribution in [-0.2, 0) is 19.1 Å². The van der Waals surface area contributed by atoms with Crippen LogP contribution >= 0.6 is 23.6 Å². The Morgan fingerprint density at radius 2 is 1.77 bits per heavy atom. The van der Waals surface area contributed by atoms with Gasteiger partial charge in [-0.25, -0.2) is 0 Å². The van der Waals surface area contributed by atoms with Gasteiger partial charge in [-0.05, 0) is 54.9 Å². The number of para-hydroxylation sites is 1. The van der Waals surface area contributed by atoms with E-state index in [0.29, 0.717) is 23.5 Å². The third-order valence-electron chi connectivity index (χ3n) is 5.68. The van der Waals surface area contributed by atoms with Gasteiger partial charge in [0, 0.05) is 17.0 Å². The molecule has 0 atom stereocenters. The molecule has 4 rings (SSSR count). The Morgan fingerprint density at radius 1 is 1.09 bits per heavy atom. The van der Waals surface area contributed by atoms with Crippen LogP contribution in [0.1, 0.15) is 42.3 Å². The Kier molecular flexibility index (Phi) is 6.82. The van der Waals surface area contributed by atoms with Crippen molar-refractivity contribution in [3.8, 4) is 0 Å². The van der Waals surface area contributed by atoms with E-state index in [0.717, 1.165) is 22.1 Å². The van der Waals surface area contributed by atoms with E-state index >= 15 is 0 Å². The van der Waals surface area contributed by atoms with Gasteiger partial charge in [0.1, 0.15) is 5.00 Å². The number of nitrogens with zero attached hydrogens (tertiary/aromatic N) is 1. The molecule has 0 saturated heterocycles. The number of fused-ring (bicyclic) bond motifs is 1. The first-order chi connectivity index (χ1) is 16.6. The van der Waals surface area contributed by atoms with Gasteiger partial charge in [0.15, 0.2) is 5.11 Å². The molecule has 35 heavy (non-hydrogen) atoms. The molecule has 0 fully saturated rings. The van der Waals surface area contributed by atoms with Crippen LogP contribution in [0.15, 0.2) is 48.5 Å². The number of nitrogens with one attached hydrogen (secondary N) is 2. The first kappa shape index (κ1) is 24.7. The first-order valence-corrected chi connectivity index (χ1v) is 11.8. The normalized spacial score (nSPS) is 13.2. The van der Waals surface area contributed by atoms with Gasteiger partial charge in [-0.1, -0.05) is 30.3 Å². The van der Waals surface area contributed by atoms with Crippen molar-refractivity contribution in [2.75, 3.05) is 17.2 Å². The lowest BCUT2D eigenvalue weighted by atomic mass is 10.0. The second-order valence-corrected chi connectivity index (χ2v) is 9.48. The number of anilines is 2. The zero-order valence-electron chi connectivity index (χ0n) is 18.5. The number of thiophene rings is 1. The average molecular weight is 519 g/mol. The lowest BCUT2D eigenvalue weighted by molar-refractivity contribution is -0.136. The Balaban J connectivity index is 1.56. The summed E-state index contributed by atoms with van der Waals surface area (Å²) in [7, 11) is 0. The number of carbonyl (C=O) groups is 2. The van der Waals surface area contributed by atoms with Crippen molar-refractivity contribution in [3.05, 3.63) is 81.2 Å². The molecule has 0 spiro atoms. The topological polar surface area (TPSA) is 87.5 Å². The predicted molar refractivity (Wildman–Crippen MR) is 134 cm³/mol. The highest BCUT2D eigenvalue weighted by Crippen LogP contribution is 2.38. The molecule has 2 amide bonds. The Morgan fingerprint density at radius 3 is 2.46 bits per heavy atom. The molecule has 2 heterocycles. The number of hydrogen-bond acceptors (Lipinski definition) is 4. The predicted octanol–water partition coefficient (Wildman–Crippen LogP) is 5.18. The summed E-state index contributed by atoms with van der Waals surface area (Å²) in [5, 5.41) is 5.98. The van der Waals surface area contributed by atoms with Crippen molar-refractivity contribution in [2.24, 2.45) is 5.73 Å². The van der Waals surface area contributed by atoms with Gasteiger partial charge in [0.05, 0.1) is 23.4 Å². The lowest BCUT2D eigenvalue weighted by Gasteiger charge is -2.30. The van der Waals surface area contributed by atoms with Gasteiger partial charge in [0.25, 0.3) is 11.8 Å². The summed E-state index contributed by atoms with van der Waals surface area (Å²) in [5.41, 5.74) is 6.93. The number of rotatable bonds is 4. The van der Waals surface area contributed by atoms with Crippen LogP contribution in [0.4, 0.5) is 23.9 Å². The molecule has 11 heteroatoms. The van der Waals surface area contributed by atoms with Gasteiger partial charge in [-0.15, -0.1) is 11.3 Å². The smallest absolute Gasteiger partial charge is 0.365 e. The fraction of sp³-hybridized carbons (Fsp3) is 0.208. The van der Waals surface area contributed by atoms with E-state index in [1.165, 1.54) is 29.5 Å². The van der Waals surface area contributed by atoms with E-state index < -0.39 is 17.6 Å². The van der Waals surface area contributed by atoms with Crippen LogP contribution in [0.3, 0.4) is 0 Å². The minimum atomic E-state index is -4.53. The highest BCUT2D eigenvalue weighted by Gasteiger charge is 2.34. The highest BCUT2D eigenvalue weighted by molar-refractivity contribution is 7.80. The maximum absolute atomic E-state index is 13.3. The Labute approximate surface area is 208 Å². The maximum Gasteiger partial charge on any atom is 0.418 e. The fourth-order valence-corrected chi connectivity index (χ4v) is 5.49. The highest BCUT2D eigenvalue weighted by atomic mass is 32.1. The van der Waals surface area contributed by atoms with Crippen molar-refractivity contribution >= 4 is 51.2 Å². The van der Waals surface area contributed by atoms with E-state index in [1.807, 2.05) is 19.1 Å². The summed E-state index contributed by atoms with van der Waals surface area (Å²) >= 11 is 6.61. The second kappa shape index (κ2) is 9.67. The molecule has 0 radical (unpaired) electrons. The molecule has 0 unspecified atom stereocenters. The minimum Gasteiger partial charge on any atom is -0.365 e. The number of amides is 2. The van der Waals surface area contributed by atoms with Crippen molar-refractivity contribution in [1.82, 2.24) is 4.90 Å². The van der Waals surface area contributed by atoms with E-state index in [9.17, 15) is 22.8 Å². The summed E-state index contributed by atoms with van der Waals surface area (Å²) < 4.78 is 40.0. The number of benzene rings is 2. The third-order valence-corrected chi connectivity index (χ3v) is 7.17. The van der Waals surface area contributed by atoms with Crippen LogP contribution in [0.25, 0.3) is 0 Å². The summed E-state index contributed by atoms with van der Waals surface area (Å²) in [6.07, 6.45) is -4.13. The maximum atomic E-state index is 13.3. The van der Waals surface area contributed by atoms with Crippen LogP contribution in [0.5, 0.6) is 0 Å².